The average molecular weight is 604 g/mol. The van der Waals surface area contributed by atoms with Gasteiger partial charge in [-0.15, -0.1) is 0 Å². The Balaban J connectivity index is 1.29. The minimum absolute atomic E-state index is 0.650. The first-order valence-electron chi connectivity index (χ1n) is 16.0. The van der Waals surface area contributed by atoms with E-state index in [0.29, 0.717) is 17.5 Å². The second kappa shape index (κ2) is 11.3. The molecule has 6 aromatic carbocycles. The fraction of sp³-hybridized carbons (Fsp3) is 0.0465. The number of fused-ring (bicyclic) bond motifs is 5. The molecule has 8 aromatic rings. The standard InChI is InChI=1S/C43H29N3O/c1-4-13-28(14-5-1)31-19-12-20-33(25-31)42-44-41(30-17-8-3-9-18-30)45-43(46-42)38-27-37-36-26-32(29-15-6-2-7-16-29)23-24-39(36)47-40(37)35-22-11-10-21-34(35)38/h1-8,10-17,19-27H,9,18H2. The zero-order valence-electron chi connectivity index (χ0n) is 25.6. The molecule has 4 heteroatoms. The van der Waals surface area contributed by atoms with E-state index in [-0.39, 0.29) is 0 Å². The van der Waals surface area contributed by atoms with Crippen LogP contribution in [-0.4, -0.2) is 15.0 Å². The summed E-state index contributed by atoms with van der Waals surface area (Å²) >= 11 is 0. The Kier molecular flexibility index (Phi) is 6.57. The van der Waals surface area contributed by atoms with Gasteiger partial charge in [0.2, 0.25) is 0 Å². The molecule has 9 rings (SSSR count). The van der Waals surface area contributed by atoms with Crippen molar-refractivity contribution in [3.63, 3.8) is 0 Å². The molecule has 0 bridgehead atoms. The Morgan fingerprint density at radius 3 is 1.89 bits per heavy atom. The third kappa shape index (κ3) is 4.91. The Bertz CT molecular complexity index is 2510. The first-order chi connectivity index (χ1) is 23.3. The quantitative estimate of drug-likeness (QED) is 0.196. The average Bonchev–Trinajstić information content (AvgIpc) is 3.53. The number of rotatable bonds is 5. The molecule has 222 valence electrons. The van der Waals surface area contributed by atoms with Gasteiger partial charge in [0.25, 0.3) is 0 Å². The second-order valence-corrected chi connectivity index (χ2v) is 11.9. The number of allylic oxidation sites excluding steroid dienone is 4. The molecule has 0 spiro atoms. The fourth-order valence-electron chi connectivity index (χ4n) is 6.62. The molecule has 2 aromatic heterocycles. The molecule has 0 aliphatic heterocycles. The van der Waals surface area contributed by atoms with Gasteiger partial charge in [-0.3, -0.25) is 0 Å². The summed E-state index contributed by atoms with van der Waals surface area (Å²) in [4.78, 5) is 15.4. The Labute approximate surface area is 272 Å². The summed E-state index contributed by atoms with van der Waals surface area (Å²) in [5.74, 6) is 2.02. The van der Waals surface area contributed by atoms with Gasteiger partial charge in [0, 0.05) is 27.3 Å². The minimum atomic E-state index is 0.650. The van der Waals surface area contributed by atoms with E-state index in [0.717, 1.165) is 78.9 Å². The maximum Gasteiger partial charge on any atom is 0.164 e. The largest absolute Gasteiger partial charge is 0.455 e. The first kappa shape index (κ1) is 27.2. The van der Waals surface area contributed by atoms with E-state index in [2.05, 4.69) is 140 Å². The number of hydrogen-bond acceptors (Lipinski definition) is 4. The number of furan rings is 1. The zero-order chi connectivity index (χ0) is 31.2. The molecule has 0 N–H and O–H groups in total. The van der Waals surface area contributed by atoms with Crippen molar-refractivity contribution in [3.05, 3.63) is 158 Å². The predicted octanol–water partition coefficient (Wildman–Crippen LogP) is 11.3. The van der Waals surface area contributed by atoms with Gasteiger partial charge in [-0.1, -0.05) is 127 Å². The summed E-state index contributed by atoms with van der Waals surface area (Å²) in [7, 11) is 0. The van der Waals surface area contributed by atoms with Crippen LogP contribution in [0.2, 0.25) is 0 Å². The number of nitrogens with zero attached hydrogens (tertiary/aromatic N) is 3. The van der Waals surface area contributed by atoms with Crippen LogP contribution in [0, 0.1) is 0 Å². The van der Waals surface area contributed by atoms with E-state index in [1.54, 1.807) is 0 Å². The number of hydrogen-bond donors (Lipinski definition) is 0. The van der Waals surface area contributed by atoms with Crippen LogP contribution in [0.5, 0.6) is 0 Å². The van der Waals surface area contributed by atoms with Gasteiger partial charge < -0.3 is 4.42 Å². The van der Waals surface area contributed by atoms with Gasteiger partial charge in [-0.05, 0) is 70.3 Å². The monoisotopic (exact) mass is 603 g/mol. The van der Waals surface area contributed by atoms with Crippen molar-refractivity contribution in [1.82, 2.24) is 15.0 Å². The molecule has 0 radical (unpaired) electrons. The van der Waals surface area contributed by atoms with Crippen molar-refractivity contribution in [3.8, 4) is 45.0 Å². The molecule has 1 aliphatic rings. The molecule has 0 atom stereocenters. The highest BCUT2D eigenvalue weighted by Gasteiger charge is 2.20. The lowest BCUT2D eigenvalue weighted by Gasteiger charge is -2.13. The van der Waals surface area contributed by atoms with E-state index in [9.17, 15) is 0 Å². The molecule has 1 aliphatic carbocycles. The molecule has 0 unspecified atom stereocenters. The number of benzene rings is 6. The van der Waals surface area contributed by atoms with Gasteiger partial charge in [0.15, 0.2) is 17.5 Å². The van der Waals surface area contributed by atoms with Crippen LogP contribution >= 0.6 is 0 Å². The van der Waals surface area contributed by atoms with E-state index >= 15 is 0 Å². The van der Waals surface area contributed by atoms with Crippen LogP contribution in [0.4, 0.5) is 0 Å². The number of aromatic nitrogens is 3. The molecule has 0 saturated heterocycles. The van der Waals surface area contributed by atoms with Crippen molar-refractivity contribution >= 4 is 38.3 Å². The lowest BCUT2D eigenvalue weighted by Crippen LogP contribution is -2.04. The van der Waals surface area contributed by atoms with Crippen LogP contribution in [0.3, 0.4) is 0 Å². The van der Waals surface area contributed by atoms with Crippen LogP contribution in [0.25, 0.3) is 83.3 Å². The smallest absolute Gasteiger partial charge is 0.164 e. The van der Waals surface area contributed by atoms with Gasteiger partial charge in [0.1, 0.15) is 11.2 Å². The minimum Gasteiger partial charge on any atom is -0.455 e. The first-order valence-corrected chi connectivity index (χ1v) is 16.0. The van der Waals surface area contributed by atoms with E-state index in [1.165, 1.54) is 5.56 Å². The Hall–Kier alpha value is -6.13. The summed E-state index contributed by atoms with van der Waals surface area (Å²) in [6.07, 6.45) is 8.26. The van der Waals surface area contributed by atoms with Gasteiger partial charge >= 0.3 is 0 Å². The molecule has 0 amide bonds. The third-order valence-corrected chi connectivity index (χ3v) is 8.99. The zero-order valence-corrected chi connectivity index (χ0v) is 25.6. The molecule has 47 heavy (non-hydrogen) atoms. The van der Waals surface area contributed by atoms with Crippen LogP contribution in [0.1, 0.15) is 18.7 Å². The van der Waals surface area contributed by atoms with E-state index in [4.69, 9.17) is 19.4 Å². The van der Waals surface area contributed by atoms with Gasteiger partial charge in [0.05, 0.1) is 0 Å². The fourth-order valence-corrected chi connectivity index (χ4v) is 6.62. The molecular weight excluding hydrogens is 574 g/mol. The van der Waals surface area contributed by atoms with Crippen molar-refractivity contribution in [2.24, 2.45) is 0 Å². The Morgan fingerprint density at radius 2 is 1.13 bits per heavy atom. The van der Waals surface area contributed by atoms with Crippen LogP contribution in [-0.2, 0) is 0 Å². The van der Waals surface area contributed by atoms with Gasteiger partial charge in [-0.2, -0.15) is 0 Å². The molecule has 0 fully saturated rings. The summed E-state index contributed by atoms with van der Waals surface area (Å²) in [6, 6.07) is 46.4. The molecular formula is C43H29N3O. The molecule has 2 heterocycles. The summed E-state index contributed by atoms with van der Waals surface area (Å²) in [6.45, 7) is 0. The maximum absolute atomic E-state index is 6.54. The summed E-state index contributed by atoms with van der Waals surface area (Å²) < 4.78 is 6.54. The highest BCUT2D eigenvalue weighted by molar-refractivity contribution is 6.19. The van der Waals surface area contributed by atoms with Crippen molar-refractivity contribution in [1.29, 1.82) is 0 Å². The molecule has 4 nitrogen and oxygen atoms in total. The highest BCUT2D eigenvalue weighted by Crippen LogP contribution is 2.41. The van der Waals surface area contributed by atoms with E-state index < -0.39 is 0 Å². The highest BCUT2D eigenvalue weighted by atomic mass is 16.3. The lowest BCUT2D eigenvalue weighted by atomic mass is 9.98. The maximum atomic E-state index is 6.54. The van der Waals surface area contributed by atoms with Crippen molar-refractivity contribution in [2.75, 3.05) is 0 Å². The Morgan fingerprint density at radius 1 is 0.468 bits per heavy atom. The lowest BCUT2D eigenvalue weighted by molar-refractivity contribution is 0.673. The topological polar surface area (TPSA) is 51.8 Å². The SMILES string of the molecule is C1=CCCC(c2nc(-c3cccc(-c4ccccc4)c3)nc(-c3cc4c5cc(-c6ccccc6)ccc5oc4c4ccccc34)n2)=C1. The third-order valence-electron chi connectivity index (χ3n) is 8.99. The summed E-state index contributed by atoms with van der Waals surface area (Å²) in [5.41, 5.74) is 9.35. The summed E-state index contributed by atoms with van der Waals surface area (Å²) in [5, 5.41) is 4.19. The van der Waals surface area contributed by atoms with Crippen LogP contribution in [0.15, 0.2) is 156 Å². The van der Waals surface area contributed by atoms with Gasteiger partial charge in [-0.25, -0.2) is 15.0 Å². The van der Waals surface area contributed by atoms with E-state index in [1.807, 2.05) is 12.1 Å². The van der Waals surface area contributed by atoms with Crippen LogP contribution < -0.4 is 0 Å². The predicted molar refractivity (Wildman–Crippen MR) is 193 cm³/mol. The second-order valence-electron chi connectivity index (χ2n) is 11.9. The molecule has 0 saturated carbocycles. The van der Waals surface area contributed by atoms with Crippen molar-refractivity contribution < 1.29 is 4.42 Å². The van der Waals surface area contributed by atoms with Crippen molar-refractivity contribution in [2.45, 2.75) is 12.8 Å². The normalized spacial score (nSPS) is 13.0.